The van der Waals surface area contributed by atoms with Gasteiger partial charge in [0.25, 0.3) is 0 Å². The van der Waals surface area contributed by atoms with Gasteiger partial charge in [0.1, 0.15) is 24.0 Å². The van der Waals surface area contributed by atoms with Crippen LogP contribution in [0.2, 0.25) is 0 Å². The molecule has 10 heteroatoms. The number of aliphatic hydroxyl groups is 2. The molecule has 1 aliphatic carbocycles. The maximum Gasteiger partial charge on any atom is 0.245 e. The molecule has 0 spiro atoms. The normalized spacial score (nSPS) is 16.9. The molecule has 0 heterocycles. The number of rotatable bonds is 10. The van der Waals surface area contributed by atoms with Crippen LogP contribution < -0.4 is 21.7 Å². The fourth-order valence-electron chi connectivity index (χ4n) is 3.71. The van der Waals surface area contributed by atoms with Crippen LogP contribution >= 0.6 is 12.4 Å². The number of nitrogen functional groups attached to an aromatic ring is 1. The van der Waals surface area contributed by atoms with Crippen LogP contribution in [-0.4, -0.2) is 58.7 Å². The number of nitrogens with one attached hydrogen (secondary N) is 4. The van der Waals surface area contributed by atoms with Crippen molar-refractivity contribution in [2.24, 2.45) is 11.7 Å². The van der Waals surface area contributed by atoms with Gasteiger partial charge in [-0.05, 0) is 30.9 Å². The summed E-state index contributed by atoms with van der Waals surface area (Å²) >= 11 is 0. The van der Waals surface area contributed by atoms with Gasteiger partial charge in [-0.2, -0.15) is 0 Å². The van der Waals surface area contributed by atoms with Crippen LogP contribution in [0.15, 0.2) is 24.3 Å². The average Bonchev–Trinajstić information content (AvgIpc) is 2.75. The minimum Gasteiger partial charge on any atom is -0.394 e. The Morgan fingerprint density at radius 3 is 2.38 bits per heavy atom. The highest BCUT2D eigenvalue weighted by atomic mass is 35.5. The van der Waals surface area contributed by atoms with Gasteiger partial charge in [0.15, 0.2) is 0 Å². The van der Waals surface area contributed by atoms with Gasteiger partial charge in [0.2, 0.25) is 11.8 Å². The minimum atomic E-state index is -1.39. The molecule has 8 N–H and O–H groups in total. The number of carbonyl (C=O) groups excluding carboxylic acids is 2. The molecule has 1 aromatic rings. The highest BCUT2D eigenvalue weighted by Gasteiger charge is 2.32. The highest BCUT2D eigenvalue weighted by molar-refractivity contribution is 5.96. The first-order chi connectivity index (χ1) is 14.7. The van der Waals surface area contributed by atoms with Gasteiger partial charge < -0.3 is 31.9 Å². The number of benzene rings is 1. The number of carbonyl (C=O) groups is 2. The quantitative estimate of drug-likeness (QED) is 0.201. The second-order valence-corrected chi connectivity index (χ2v) is 8.44. The summed E-state index contributed by atoms with van der Waals surface area (Å²) in [5.74, 6) is -1.15. The van der Waals surface area contributed by atoms with Gasteiger partial charge in [-0.15, -0.1) is 12.4 Å². The van der Waals surface area contributed by atoms with Crippen molar-refractivity contribution in [3.05, 3.63) is 29.8 Å². The first-order valence-corrected chi connectivity index (χ1v) is 10.8. The zero-order chi connectivity index (χ0) is 23.0. The summed E-state index contributed by atoms with van der Waals surface area (Å²) in [7, 11) is 0. The van der Waals surface area contributed by atoms with Gasteiger partial charge in [-0.3, -0.25) is 15.0 Å². The van der Waals surface area contributed by atoms with Crippen LogP contribution in [0.1, 0.15) is 51.5 Å². The molecule has 180 valence electrons. The van der Waals surface area contributed by atoms with Crippen LogP contribution in [0.3, 0.4) is 0 Å². The van der Waals surface area contributed by atoms with E-state index < -0.39 is 30.7 Å². The molecule has 2 rings (SSSR count). The Kier molecular flexibility index (Phi) is 11.5. The highest BCUT2D eigenvalue weighted by Crippen LogP contribution is 2.18. The lowest BCUT2D eigenvalue weighted by atomic mass is 9.94. The summed E-state index contributed by atoms with van der Waals surface area (Å²) in [6.45, 7) is 3.04. The molecule has 1 aromatic carbocycles. The molecule has 32 heavy (non-hydrogen) atoms. The molecule has 1 saturated carbocycles. The summed E-state index contributed by atoms with van der Waals surface area (Å²) in [5.41, 5.74) is 6.42. The molecule has 3 atom stereocenters. The van der Waals surface area contributed by atoms with Crippen LogP contribution in [0, 0.1) is 11.3 Å². The van der Waals surface area contributed by atoms with E-state index in [9.17, 15) is 19.8 Å². The van der Waals surface area contributed by atoms with Crippen molar-refractivity contribution in [3.63, 3.8) is 0 Å². The first kappa shape index (κ1) is 27.7. The summed E-state index contributed by atoms with van der Waals surface area (Å²) < 4.78 is 0. The Bertz CT molecular complexity index is 770. The van der Waals surface area contributed by atoms with Crippen molar-refractivity contribution < 1.29 is 19.8 Å². The van der Waals surface area contributed by atoms with E-state index in [0.717, 1.165) is 25.7 Å². The van der Waals surface area contributed by atoms with E-state index in [1.54, 1.807) is 24.3 Å². The predicted octanol–water partition coefficient (Wildman–Crippen LogP) is 1.12. The summed E-state index contributed by atoms with van der Waals surface area (Å²) in [4.78, 5) is 25.8. The third-order valence-corrected chi connectivity index (χ3v) is 5.55. The lowest BCUT2D eigenvalue weighted by Crippen LogP contribution is -2.57. The summed E-state index contributed by atoms with van der Waals surface area (Å²) in [5, 5.41) is 35.9. The molecule has 3 unspecified atom stereocenters. The molecular formula is C22H36ClN5O4. The van der Waals surface area contributed by atoms with E-state index in [1.807, 2.05) is 13.8 Å². The number of amides is 2. The summed E-state index contributed by atoms with van der Waals surface area (Å²) in [6, 6.07) is 4.69. The van der Waals surface area contributed by atoms with Crippen molar-refractivity contribution >= 4 is 35.7 Å². The van der Waals surface area contributed by atoms with Crippen molar-refractivity contribution in [2.45, 2.75) is 70.2 Å². The molecule has 0 bridgehead atoms. The molecule has 9 nitrogen and oxygen atoms in total. The molecular weight excluding hydrogens is 434 g/mol. The molecule has 0 aromatic heterocycles. The molecule has 0 aliphatic heterocycles. The minimum absolute atomic E-state index is 0. The molecule has 2 amide bonds. The van der Waals surface area contributed by atoms with E-state index in [-0.39, 0.29) is 36.1 Å². The van der Waals surface area contributed by atoms with E-state index in [1.165, 1.54) is 6.42 Å². The van der Waals surface area contributed by atoms with Crippen LogP contribution in [0.5, 0.6) is 0 Å². The zero-order valence-corrected chi connectivity index (χ0v) is 19.5. The number of amidine groups is 1. The monoisotopic (exact) mass is 469 g/mol. The van der Waals surface area contributed by atoms with E-state index in [4.69, 9.17) is 11.1 Å². The van der Waals surface area contributed by atoms with Crippen LogP contribution in [-0.2, 0) is 9.59 Å². The van der Waals surface area contributed by atoms with Crippen LogP contribution in [0.25, 0.3) is 0 Å². The third-order valence-electron chi connectivity index (χ3n) is 5.55. The second kappa shape index (κ2) is 13.2. The largest absolute Gasteiger partial charge is 0.394 e. The lowest BCUT2D eigenvalue weighted by molar-refractivity contribution is -0.132. The SMILES string of the molecule is CC(C)C(NC(=O)C(Nc1cccc(C(=N)N)c1)C(O)CO)C(=O)NC1CCCCC1.Cl. The Balaban J connectivity index is 0.00000512. The van der Waals surface area contributed by atoms with Crippen molar-refractivity contribution in [3.8, 4) is 0 Å². The first-order valence-electron chi connectivity index (χ1n) is 10.8. The standard InChI is InChI=1S/C22H35N5O4.ClH/c1-13(2)18(21(30)26-15-8-4-3-5-9-15)27-22(31)19(17(29)12-28)25-16-10-6-7-14(11-16)20(23)24;/h6-7,10-11,13,15,17-19,25,28-29H,3-5,8-9,12H2,1-2H3,(H3,23,24)(H,26,30)(H,27,31);1H. The van der Waals surface area contributed by atoms with Crippen molar-refractivity contribution in [2.75, 3.05) is 11.9 Å². The summed E-state index contributed by atoms with van der Waals surface area (Å²) in [6.07, 6.45) is 3.81. The van der Waals surface area contributed by atoms with Crippen molar-refractivity contribution in [1.82, 2.24) is 10.6 Å². The Labute approximate surface area is 195 Å². The number of nitrogens with two attached hydrogens (primary N) is 1. The topological polar surface area (TPSA) is 161 Å². The van der Waals surface area contributed by atoms with Crippen molar-refractivity contribution in [1.29, 1.82) is 5.41 Å². The van der Waals surface area contributed by atoms with E-state index in [0.29, 0.717) is 11.3 Å². The number of anilines is 1. The van der Waals surface area contributed by atoms with Gasteiger partial charge in [-0.25, -0.2) is 0 Å². The zero-order valence-electron chi connectivity index (χ0n) is 18.6. The number of hydrogen-bond acceptors (Lipinski definition) is 6. The number of halogens is 1. The van der Waals surface area contributed by atoms with Gasteiger partial charge in [0.05, 0.1) is 6.61 Å². The van der Waals surface area contributed by atoms with Gasteiger partial charge >= 0.3 is 0 Å². The smallest absolute Gasteiger partial charge is 0.245 e. The third kappa shape index (κ3) is 7.96. The predicted molar refractivity (Wildman–Crippen MR) is 127 cm³/mol. The van der Waals surface area contributed by atoms with Gasteiger partial charge in [-0.1, -0.05) is 45.2 Å². The fourth-order valence-corrected chi connectivity index (χ4v) is 3.71. The number of aliphatic hydroxyl groups excluding tert-OH is 2. The van der Waals surface area contributed by atoms with Crippen LogP contribution in [0.4, 0.5) is 5.69 Å². The number of hydrogen-bond donors (Lipinski definition) is 7. The Morgan fingerprint density at radius 1 is 1.16 bits per heavy atom. The Hall–Kier alpha value is -2.36. The molecule has 0 radical (unpaired) electrons. The van der Waals surface area contributed by atoms with E-state index in [2.05, 4.69) is 16.0 Å². The van der Waals surface area contributed by atoms with E-state index >= 15 is 0 Å². The molecule has 1 fully saturated rings. The Morgan fingerprint density at radius 2 is 1.81 bits per heavy atom. The molecule has 0 saturated heterocycles. The van der Waals surface area contributed by atoms with Gasteiger partial charge in [0, 0.05) is 17.3 Å². The maximum atomic E-state index is 13.0. The average molecular weight is 470 g/mol. The maximum absolute atomic E-state index is 13.0. The molecule has 1 aliphatic rings. The lowest BCUT2D eigenvalue weighted by Gasteiger charge is -2.30. The fraction of sp³-hybridized carbons (Fsp3) is 0.591. The second-order valence-electron chi connectivity index (χ2n) is 8.44.